The summed E-state index contributed by atoms with van der Waals surface area (Å²) < 4.78 is 34.2. The van der Waals surface area contributed by atoms with E-state index in [-0.39, 0.29) is 24.7 Å². The van der Waals surface area contributed by atoms with Crippen molar-refractivity contribution in [2.75, 3.05) is 19.8 Å². The minimum absolute atomic E-state index is 0.216. The molecule has 9 N–H and O–H groups in total. The summed E-state index contributed by atoms with van der Waals surface area (Å²) in [7, 11) is 0. The van der Waals surface area contributed by atoms with Crippen molar-refractivity contribution in [3.63, 3.8) is 0 Å². The van der Waals surface area contributed by atoms with E-state index in [4.69, 9.17) is 28.4 Å². The Morgan fingerprint density at radius 1 is 0.851 bits per heavy atom. The second-order valence-electron chi connectivity index (χ2n) is 11.0. The molecule has 0 unspecified atom stereocenters. The van der Waals surface area contributed by atoms with Crippen molar-refractivity contribution in [3.05, 3.63) is 53.6 Å². The van der Waals surface area contributed by atoms with E-state index < -0.39 is 91.6 Å². The van der Waals surface area contributed by atoms with E-state index in [1.807, 2.05) is 0 Å². The molecule has 0 bridgehead atoms. The van der Waals surface area contributed by atoms with Crippen LogP contribution in [0.4, 0.5) is 0 Å². The molecule has 0 radical (unpaired) electrons. The topological polar surface area (TPSA) is 255 Å². The Morgan fingerprint density at radius 3 is 2.17 bits per heavy atom. The molecule has 2 fully saturated rings. The fraction of sp³-hybridized carbons (Fsp3) is 0.516. The van der Waals surface area contributed by atoms with Crippen molar-refractivity contribution in [3.8, 4) is 23.0 Å². The Bertz CT molecular complexity index is 1370. The predicted molar refractivity (Wildman–Crippen MR) is 158 cm³/mol. The third-order valence-electron chi connectivity index (χ3n) is 7.71. The Labute approximate surface area is 269 Å². The molecule has 16 nitrogen and oxygen atoms in total. The fourth-order valence-corrected chi connectivity index (χ4v) is 5.10. The highest BCUT2D eigenvalue weighted by atomic mass is 16.7. The quantitative estimate of drug-likeness (QED) is 0.0786. The molecule has 2 aromatic rings. The van der Waals surface area contributed by atoms with Gasteiger partial charge in [0, 0.05) is 12.7 Å². The molecule has 2 saturated heterocycles. The van der Waals surface area contributed by atoms with Gasteiger partial charge in [-0.05, 0) is 55.3 Å². The largest absolute Gasteiger partial charge is 0.504 e. The van der Waals surface area contributed by atoms with Crippen LogP contribution in [0, 0.1) is 0 Å². The zero-order valence-electron chi connectivity index (χ0n) is 25.5. The van der Waals surface area contributed by atoms with Gasteiger partial charge in [0.2, 0.25) is 0 Å². The lowest BCUT2D eigenvalue weighted by Crippen LogP contribution is -2.65. The number of aliphatic hydroxyl groups excluding tert-OH is 5. The van der Waals surface area contributed by atoms with Gasteiger partial charge in [-0.25, -0.2) is 4.79 Å². The first-order valence-electron chi connectivity index (χ1n) is 14.8. The van der Waals surface area contributed by atoms with E-state index in [0.717, 1.165) is 6.08 Å². The average molecular weight is 669 g/mol. The van der Waals surface area contributed by atoms with Gasteiger partial charge in [-0.3, -0.25) is 0 Å². The number of phenolic OH excluding ortho intramolecular Hbond substituents is 4. The maximum absolute atomic E-state index is 12.9. The van der Waals surface area contributed by atoms with Crippen molar-refractivity contribution in [2.45, 2.75) is 81.4 Å². The number of ether oxygens (including phenoxy) is 6. The van der Waals surface area contributed by atoms with Crippen LogP contribution in [-0.4, -0.2) is 133 Å². The number of aliphatic hydroxyl groups is 5. The minimum atomic E-state index is -1.80. The molecule has 4 rings (SSSR count). The number of benzene rings is 2. The van der Waals surface area contributed by atoms with Gasteiger partial charge in [0.25, 0.3) is 0 Å². The van der Waals surface area contributed by atoms with Gasteiger partial charge in [-0.2, -0.15) is 0 Å². The first-order valence-corrected chi connectivity index (χ1v) is 14.8. The highest BCUT2D eigenvalue weighted by Gasteiger charge is 2.52. The van der Waals surface area contributed by atoms with Gasteiger partial charge < -0.3 is 74.4 Å². The van der Waals surface area contributed by atoms with Gasteiger partial charge in [-0.15, -0.1) is 0 Å². The summed E-state index contributed by atoms with van der Waals surface area (Å²) in [6.45, 7) is 2.30. The summed E-state index contributed by atoms with van der Waals surface area (Å²) in [5.41, 5.74) is 0.739. The highest BCUT2D eigenvalue weighted by molar-refractivity contribution is 5.87. The molecule has 16 heteroatoms. The maximum atomic E-state index is 12.9. The van der Waals surface area contributed by atoms with Crippen LogP contribution in [0.5, 0.6) is 23.0 Å². The molecule has 0 aromatic heterocycles. The first kappa shape index (κ1) is 36.3. The molecular weight excluding hydrogens is 628 g/mol. The summed E-state index contributed by atoms with van der Waals surface area (Å²) in [4.78, 5) is 12.9. The number of hydrogen-bond donors (Lipinski definition) is 9. The van der Waals surface area contributed by atoms with Crippen LogP contribution in [0.1, 0.15) is 31.1 Å². The van der Waals surface area contributed by atoms with Crippen LogP contribution < -0.4 is 0 Å². The van der Waals surface area contributed by atoms with E-state index in [2.05, 4.69) is 0 Å². The number of carbonyl (C=O) groups excluding carboxylic acids is 1. The number of hydrogen-bond acceptors (Lipinski definition) is 16. The molecule has 2 aliphatic heterocycles. The molecule has 2 aromatic carbocycles. The number of esters is 1. The van der Waals surface area contributed by atoms with Crippen molar-refractivity contribution in [2.24, 2.45) is 0 Å². The molecule has 260 valence electrons. The van der Waals surface area contributed by atoms with Gasteiger partial charge in [0.15, 0.2) is 41.7 Å². The summed E-state index contributed by atoms with van der Waals surface area (Å²) in [6, 6.07) is 7.83. The third kappa shape index (κ3) is 8.68. The second-order valence-corrected chi connectivity index (χ2v) is 11.0. The summed E-state index contributed by atoms with van der Waals surface area (Å²) >= 11 is 0. The molecule has 0 aliphatic carbocycles. The Kier molecular flexibility index (Phi) is 12.4. The minimum Gasteiger partial charge on any atom is -0.504 e. The monoisotopic (exact) mass is 668 g/mol. The molecule has 2 aliphatic rings. The zero-order valence-corrected chi connectivity index (χ0v) is 25.5. The van der Waals surface area contributed by atoms with Gasteiger partial charge in [0.05, 0.1) is 19.3 Å². The van der Waals surface area contributed by atoms with Crippen molar-refractivity contribution >= 4 is 12.0 Å². The fourth-order valence-electron chi connectivity index (χ4n) is 5.10. The van der Waals surface area contributed by atoms with Crippen LogP contribution >= 0.6 is 0 Å². The lowest BCUT2D eigenvalue weighted by atomic mass is 9.97. The maximum Gasteiger partial charge on any atom is 0.331 e. The molecule has 11 atom stereocenters. The molecule has 0 spiro atoms. The Balaban J connectivity index is 1.57. The van der Waals surface area contributed by atoms with E-state index in [0.29, 0.717) is 11.1 Å². The number of carbonyl (C=O) groups is 1. The van der Waals surface area contributed by atoms with E-state index in [1.165, 1.54) is 49.4 Å². The summed E-state index contributed by atoms with van der Waals surface area (Å²) in [5.74, 6) is -2.54. The number of aromatic hydroxyl groups is 4. The first-order chi connectivity index (χ1) is 22.3. The van der Waals surface area contributed by atoms with E-state index in [1.54, 1.807) is 6.92 Å². The average Bonchev–Trinajstić information content (AvgIpc) is 3.04. The lowest BCUT2D eigenvalue weighted by Gasteiger charge is -2.46. The van der Waals surface area contributed by atoms with E-state index >= 15 is 0 Å². The predicted octanol–water partition coefficient (Wildman–Crippen LogP) is -0.481. The molecule has 0 amide bonds. The van der Waals surface area contributed by atoms with Gasteiger partial charge in [0.1, 0.15) is 42.7 Å². The third-order valence-corrected chi connectivity index (χ3v) is 7.71. The second kappa shape index (κ2) is 16.0. The van der Waals surface area contributed by atoms with Crippen LogP contribution in [0.3, 0.4) is 0 Å². The van der Waals surface area contributed by atoms with Crippen LogP contribution in [0.2, 0.25) is 0 Å². The lowest BCUT2D eigenvalue weighted by molar-refractivity contribution is -0.359. The Hall–Kier alpha value is -3.55. The van der Waals surface area contributed by atoms with Crippen LogP contribution in [0.15, 0.2) is 42.5 Å². The number of rotatable bonds is 12. The molecule has 47 heavy (non-hydrogen) atoms. The molecular formula is C31H40O16. The highest BCUT2D eigenvalue weighted by Crippen LogP contribution is 2.34. The van der Waals surface area contributed by atoms with Gasteiger partial charge in [-0.1, -0.05) is 12.1 Å². The Morgan fingerprint density at radius 2 is 1.53 bits per heavy atom. The van der Waals surface area contributed by atoms with Crippen molar-refractivity contribution in [1.29, 1.82) is 0 Å². The summed E-state index contributed by atoms with van der Waals surface area (Å²) in [5, 5.41) is 91.5. The van der Waals surface area contributed by atoms with Crippen molar-refractivity contribution < 1.29 is 79.2 Å². The van der Waals surface area contributed by atoms with E-state index in [9.17, 15) is 50.8 Å². The molecule has 2 heterocycles. The van der Waals surface area contributed by atoms with Crippen LogP contribution in [-0.2, 0) is 33.2 Å². The SMILES string of the molecule is CCO[C@H](CO[C@@H]1O[C@H](CO)[C@@H](OC(=O)/C=C/c2ccc(O)c(O)c2)[C@H](O[C@@H]2O[C@@H](C)[C@H](O)[C@@H](O)[C@H]2O)[C@H]1O)c1ccc(O)c(O)c1. The van der Waals surface area contributed by atoms with Crippen molar-refractivity contribution in [1.82, 2.24) is 0 Å². The van der Waals surface area contributed by atoms with Crippen LogP contribution in [0.25, 0.3) is 6.08 Å². The molecule has 0 saturated carbocycles. The standard InChI is InChI=1S/C31H40O16/c1-3-42-22(16-6-8-18(34)20(36)11-16)13-43-30-27(41)29(47-31-26(40)25(39)24(38)14(2)44-31)28(21(12-32)45-30)46-23(37)9-5-15-4-7-17(33)19(35)10-15/h4-11,14,21-22,24-36,38-41H,3,12-13H2,1-2H3/b9-5+/t14-,21+,22+,24-,25+,26+,27+,28+,29+,30+,31-/m0/s1. The number of phenols is 4. The zero-order chi connectivity index (χ0) is 34.4. The normalized spacial score (nSPS) is 31.9. The summed E-state index contributed by atoms with van der Waals surface area (Å²) in [6.07, 6.45) is -14.1. The van der Waals surface area contributed by atoms with Gasteiger partial charge >= 0.3 is 5.97 Å². The smallest absolute Gasteiger partial charge is 0.331 e.